The second-order valence-electron chi connectivity index (χ2n) is 56.0. The van der Waals surface area contributed by atoms with Crippen LogP contribution in [0.3, 0.4) is 0 Å². The summed E-state index contributed by atoms with van der Waals surface area (Å²) in [7, 11) is 0. The van der Waals surface area contributed by atoms with Crippen LogP contribution in [-0.2, 0) is 0 Å². The number of hydrogen-bond donors (Lipinski definition) is 10. The minimum atomic E-state index is -0.0385. The minimum Gasteiger partial charge on any atom is -0.393 e. The van der Waals surface area contributed by atoms with Gasteiger partial charge in [0.1, 0.15) is 0 Å². The lowest BCUT2D eigenvalue weighted by Gasteiger charge is -2.64. The van der Waals surface area contributed by atoms with Gasteiger partial charge in [0.15, 0.2) is 0 Å². The van der Waals surface area contributed by atoms with E-state index in [0.29, 0.717) is 115 Å². The Bertz CT molecular complexity index is 2820. The molecule has 0 radical (unpaired) electrons. The Balaban J connectivity index is 0.000000115. The lowest BCUT2D eigenvalue weighted by molar-refractivity contribution is -0.195. The minimum absolute atomic E-state index is 0.0162. The second kappa shape index (κ2) is 42.3. The summed E-state index contributed by atoms with van der Waals surface area (Å²) in [5.41, 5.74) is 2.21. The highest BCUT2D eigenvalue weighted by atomic mass is 16.3. The largest absolute Gasteiger partial charge is 0.393 e. The fraction of sp³-hybridized carbons (Fsp3) is 1.00. The van der Waals surface area contributed by atoms with Crippen molar-refractivity contribution in [1.82, 2.24) is 0 Å². The number of aliphatic hydroxyl groups excluding tert-OH is 10. The second-order valence-corrected chi connectivity index (χ2v) is 56.0. The molecule has 29 rings (SSSR count). The fourth-order valence-corrected chi connectivity index (χ4v) is 37.5. The average Bonchev–Trinajstić information content (AvgIpc) is 1.16. The first-order valence-corrected chi connectivity index (χ1v) is 56.8. The normalized spacial score (nSPS) is 45.4. The summed E-state index contributed by atoms with van der Waals surface area (Å²) in [6, 6.07) is 0. The summed E-state index contributed by atoms with van der Waals surface area (Å²) in [5, 5.41) is 101. The van der Waals surface area contributed by atoms with Crippen LogP contribution < -0.4 is 0 Å². The summed E-state index contributed by atoms with van der Waals surface area (Å²) < 4.78 is 0. The van der Waals surface area contributed by atoms with Crippen molar-refractivity contribution in [3.8, 4) is 0 Å². The van der Waals surface area contributed by atoms with Crippen molar-refractivity contribution in [2.45, 2.75) is 501 Å². The molecule has 29 aliphatic rings. The van der Waals surface area contributed by atoms with E-state index in [-0.39, 0.29) is 61.0 Å². The summed E-state index contributed by atoms with van der Waals surface area (Å²) >= 11 is 0. The summed E-state index contributed by atoms with van der Waals surface area (Å²) in [6.07, 6.45) is 64.6. The van der Waals surface area contributed by atoms with Crippen LogP contribution in [0.4, 0.5) is 0 Å². The lowest BCUT2D eigenvalue weighted by Crippen LogP contribution is -2.59. The summed E-state index contributed by atoms with van der Waals surface area (Å²) in [5.74, 6) is 25.8. The molecular weight excluding hydrogens is 1570 g/mol. The van der Waals surface area contributed by atoms with Crippen molar-refractivity contribution in [1.29, 1.82) is 0 Å². The topological polar surface area (TPSA) is 202 Å². The summed E-state index contributed by atoms with van der Waals surface area (Å²) in [6.45, 7) is 43.0. The lowest BCUT2D eigenvalue weighted by atomic mass is 9.41. The third-order valence-electron chi connectivity index (χ3n) is 42.8. The van der Waals surface area contributed by atoms with Gasteiger partial charge in [-0.2, -0.15) is 0 Å². The van der Waals surface area contributed by atoms with Gasteiger partial charge in [-0.15, -0.1) is 0 Å². The van der Waals surface area contributed by atoms with Gasteiger partial charge in [-0.05, 0) is 465 Å². The molecular formula is C117H208O10. The van der Waals surface area contributed by atoms with E-state index < -0.39 is 0 Å². The van der Waals surface area contributed by atoms with Crippen molar-refractivity contribution < 1.29 is 51.1 Å². The Kier molecular flexibility index (Phi) is 34.2. The van der Waals surface area contributed by atoms with Gasteiger partial charge in [0.2, 0.25) is 0 Å². The first-order valence-electron chi connectivity index (χ1n) is 56.8. The van der Waals surface area contributed by atoms with Crippen molar-refractivity contribution in [3.63, 3.8) is 0 Å². The van der Waals surface area contributed by atoms with Gasteiger partial charge < -0.3 is 51.1 Å². The maximum absolute atomic E-state index is 10.5. The molecule has 29 saturated carbocycles. The molecule has 12 unspecified atom stereocenters. The molecule has 0 saturated heterocycles. The third-order valence-corrected chi connectivity index (χ3v) is 42.8. The van der Waals surface area contributed by atoms with E-state index in [1.807, 2.05) is 0 Å². The number of rotatable bonds is 20. The van der Waals surface area contributed by atoms with Crippen LogP contribution in [-0.4, -0.2) is 112 Å². The third kappa shape index (κ3) is 22.6. The van der Waals surface area contributed by atoms with Crippen molar-refractivity contribution in [2.75, 3.05) is 0 Å². The Hall–Kier alpha value is -0.400. The highest BCUT2D eigenvalue weighted by molar-refractivity contribution is 5.14. The Labute approximate surface area is 781 Å². The fourth-order valence-electron chi connectivity index (χ4n) is 37.5. The number of fused-ring (bicyclic) bond motifs is 8. The number of aliphatic hydroxyl groups is 10. The maximum atomic E-state index is 10.5. The predicted molar refractivity (Wildman–Crippen MR) is 524 cm³/mol. The van der Waals surface area contributed by atoms with Crippen LogP contribution in [0.15, 0.2) is 0 Å². The predicted octanol–water partition coefficient (Wildman–Crippen LogP) is 26.4. The first-order chi connectivity index (χ1) is 59.9. The molecule has 26 bridgehead atoms. The molecule has 10 nitrogen and oxygen atoms in total. The highest BCUT2D eigenvalue weighted by Crippen LogP contribution is 2.71. The van der Waals surface area contributed by atoms with Gasteiger partial charge >= 0.3 is 0 Å². The molecule has 10 heteroatoms. The Morgan fingerprint density at radius 1 is 0.157 bits per heavy atom. The smallest absolute Gasteiger partial charge is 0.0619 e. The van der Waals surface area contributed by atoms with Gasteiger partial charge in [0.25, 0.3) is 0 Å². The molecule has 0 spiro atoms. The zero-order valence-corrected chi connectivity index (χ0v) is 86.1. The molecule has 0 aromatic heterocycles. The van der Waals surface area contributed by atoms with E-state index in [1.54, 1.807) is 0 Å². The van der Waals surface area contributed by atoms with E-state index in [0.717, 1.165) is 118 Å². The van der Waals surface area contributed by atoms with Crippen LogP contribution in [0.5, 0.6) is 0 Å². The molecule has 0 amide bonds. The van der Waals surface area contributed by atoms with Gasteiger partial charge in [-0.3, -0.25) is 0 Å². The van der Waals surface area contributed by atoms with Crippen molar-refractivity contribution in [3.05, 3.63) is 0 Å². The zero-order chi connectivity index (χ0) is 91.6. The molecule has 127 heavy (non-hydrogen) atoms. The van der Waals surface area contributed by atoms with E-state index in [1.165, 1.54) is 302 Å². The van der Waals surface area contributed by atoms with Gasteiger partial charge in [-0.25, -0.2) is 0 Å². The number of hydrogen-bond acceptors (Lipinski definition) is 10. The molecule has 0 aromatic carbocycles. The van der Waals surface area contributed by atoms with Crippen molar-refractivity contribution in [2.24, 2.45) is 234 Å². The molecule has 0 aliphatic heterocycles. The molecule has 29 aliphatic carbocycles. The van der Waals surface area contributed by atoms with Crippen LogP contribution in [0.2, 0.25) is 0 Å². The zero-order valence-electron chi connectivity index (χ0n) is 86.1. The van der Waals surface area contributed by atoms with Crippen LogP contribution in [0, 0.1) is 234 Å². The van der Waals surface area contributed by atoms with Crippen LogP contribution in [0.25, 0.3) is 0 Å². The monoisotopic (exact) mass is 1770 g/mol. The molecule has 10 N–H and O–H groups in total. The molecule has 0 aromatic rings. The van der Waals surface area contributed by atoms with E-state index in [2.05, 4.69) is 138 Å². The Morgan fingerprint density at radius 2 is 0.307 bits per heavy atom. The Morgan fingerprint density at radius 3 is 0.441 bits per heavy atom. The van der Waals surface area contributed by atoms with E-state index >= 15 is 0 Å². The SMILES string of the molecule is CC(C)C(O)C12CC(C1)C2.CC(C)C(O)C12CC3CC(CC(C3)C1)C2.CC(C)C(O)C1C2CCCC1CC2.CC(C)C(O)C1CC2CCC(C2)C1.CC(C)[C@@H](O)C12CC(C1)C2.CC(C)[C@@H](O)C12CC3CC(CC(C3)C1)C2.CC(C)[C@@H](O)C1C2CCCC1CC2.CC(C)[C@H](O)C12CC(C1)C2.CC(C)[C@H](O)C12CC3CC(CC(C3)C1)C2.CC(C)[C@H](O)C1C2CCCC1CC2. The van der Waals surface area contributed by atoms with Crippen molar-refractivity contribution >= 4 is 0 Å². The first kappa shape index (κ1) is 102. The quantitative estimate of drug-likeness (QED) is 0.0559. The highest BCUT2D eigenvalue weighted by Gasteiger charge is 2.64. The van der Waals surface area contributed by atoms with Gasteiger partial charge in [0.05, 0.1) is 61.0 Å². The maximum Gasteiger partial charge on any atom is 0.0619 e. The average molecular weight is 1770 g/mol. The van der Waals surface area contributed by atoms with Crippen LogP contribution in [0.1, 0.15) is 440 Å². The van der Waals surface area contributed by atoms with E-state index in [9.17, 15) is 51.1 Å². The molecule has 0 heterocycles. The standard InChI is InChI=1S/3C14H24O.4C12H22O.3C9H16O/c3*1-9(2)13(15)14-6-10-3-11(7-14)5-12(4-10)8-14;1-8(2)12(13)11-6-9-3-4-10(5-9)7-11;3*1-8(2)12(13)11-9-4-3-5-10(11)7-6-9;3*1-6(2)8(10)9-3-7(4-9)5-9/h3*9-13,15H,3-8H2,1-2H3;4*8-13H,3-7H2,1-2H3;3*6-8,10H,3-5H2,1-2H3/t2*10?,11?,12?,13-,14?;;;2*9?,10?,11?,12-;;2*7?,8-,9?;/m10..10.10./s1. The van der Waals surface area contributed by atoms with Gasteiger partial charge in [0, 0.05) is 0 Å². The molecule has 736 valence electrons. The van der Waals surface area contributed by atoms with Gasteiger partial charge in [-0.1, -0.05) is 209 Å². The van der Waals surface area contributed by atoms with Crippen LogP contribution >= 0.6 is 0 Å². The molecule has 29 fully saturated rings. The van der Waals surface area contributed by atoms with E-state index in [4.69, 9.17) is 0 Å². The molecule has 18 atom stereocenters. The summed E-state index contributed by atoms with van der Waals surface area (Å²) in [4.78, 5) is 0.